The predicted octanol–water partition coefficient (Wildman–Crippen LogP) is 1.08. The normalized spacial score (nSPS) is 31.6. The van der Waals surface area contributed by atoms with Crippen LogP contribution in [0.15, 0.2) is 0 Å². The van der Waals surface area contributed by atoms with Crippen molar-refractivity contribution in [3.05, 3.63) is 0 Å². The monoisotopic (exact) mass is 314 g/mol. The standard InChI is InChI=1S/C15H26N2O5/c1-4-21-12-8-11(15(12)6-5-7-22-15)16-14(20)17(3)9-10(2)13(18)19/h10-12H,4-9H2,1-3H3,(H,16,20)(H,18,19). The van der Waals surface area contributed by atoms with Crippen molar-refractivity contribution in [3.63, 3.8) is 0 Å². The lowest BCUT2D eigenvalue weighted by Gasteiger charge is -2.52. The molecule has 0 aromatic heterocycles. The van der Waals surface area contributed by atoms with Crippen LogP contribution in [0.2, 0.25) is 0 Å². The van der Waals surface area contributed by atoms with Crippen molar-refractivity contribution in [1.82, 2.24) is 10.2 Å². The quantitative estimate of drug-likeness (QED) is 0.766. The zero-order valence-corrected chi connectivity index (χ0v) is 13.5. The molecular weight excluding hydrogens is 288 g/mol. The molecule has 1 aliphatic heterocycles. The molecule has 1 saturated carbocycles. The van der Waals surface area contributed by atoms with Crippen LogP contribution in [0.1, 0.15) is 33.1 Å². The van der Waals surface area contributed by atoms with E-state index in [0.29, 0.717) is 13.2 Å². The Morgan fingerprint density at radius 1 is 1.55 bits per heavy atom. The van der Waals surface area contributed by atoms with Crippen LogP contribution in [0.5, 0.6) is 0 Å². The van der Waals surface area contributed by atoms with Gasteiger partial charge in [-0.3, -0.25) is 4.79 Å². The van der Waals surface area contributed by atoms with Crippen molar-refractivity contribution in [3.8, 4) is 0 Å². The van der Waals surface area contributed by atoms with Crippen LogP contribution in [0.25, 0.3) is 0 Å². The van der Waals surface area contributed by atoms with Crippen LogP contribution < -0.4 is 5.32 Å². The summed E-state index contributed by atoms with van der Waals surface area (Å²) < 4.78 is 11.6. The minimum absolute atomic E-state index is 0.0357. The number of carbonyl (C=O) groups excluding carboxylic acids is 1. The first-order chi connectivity index (χ1) is 10.4. The molecule has 4 atom stereocenters. The van der Waals surface area contributed by atoms with Crippen LogP contribution in [0.3, 0.4) is 0 Å². The number of hydrogen-bond acceptors (Lipinski definition) is 4. The highest BCUT2D eigenvalue weighted by Crippen LogP contribution is 2.45. The highest BCUT2D eigenvalue weighted by molar-refractivity contribution is 5.76. The topological polar surface area (TPSA) is 88.1 Å². The molecule has 2 amide bonds. The van der Waals surface area contributed by atoms with Crippen molar-refractivity contribution in [2.75, 3.05) is 26.8 Å². The second kappa shape index (κ2) is 6.83. The van der Waals surface area contributed by atoms with Gasteiger partial charge in [0.1, 0.15) is 5.60 Å². The molecule has 4 unspecified atom stereocenters. The number of nitrogens with zero attached hydrogens (tertiary/aromatic N) is 1. The lowest BCUT2D eigenvalue weighted by atomic mass is 9.70. The molecule has 0 aromatic rings. The van der Waals surface area contributed by atoms with Gasteiger partial charge in [-0.1, -0.05) is 6.92 Å². The van der Waals surface area contributed by atoms with Gasteiger partial charge in [0.2, 0.25) is 0 Å². The Morgan fingerprint density at radius 2 is 2.27 bits per heavy atom. The number of urea groups is 1. The summed E-state index contributed by atoms with van der Waals surface area (Å²) in [5, 5.41) is 11.9. The Morgan fingerprint density at radius 3 is 2.82 bits per heavy atom. The van der Waals surface area contributed by atoms with Crippen molar-refractivity contribution in [1.29, 1.82) is 0 Å². The average molecular weight is 314 g/mol. The number of carboxylic acids is 1. The van der Waals surface area contributed by atoms with Crippen molar-refractivity contribution >= 4 is 12.0 Å². The SMILES string of the molecule is CCOC1CC(NC(=O)N(C)CC(C)C(=O)O)C12CCCO2. The van der Waals surface area contributed by atoms with Crippen molar-refractivity contribution in [2.45, 2.75) is 50.9 Å². The second-order valence-corrected chi connectivity index (χ2v) is 6.21. The predicted molar refractivity (Wildman–Crippen MR) is 79.7 cm³/mol. The third-order valence-electron chi connectivity index (χ3n) is 4.65. The lowest BCUT2D eigenvalue weighted by Crippen LogP contribution is -2.70. The molecule has 1 heterocycles. The van der Waals surface area contributed by atoms with Crippen LogP contribution in [0, 0.1) is 5.92 Å². The number of carbonyl (C=O) groups is 2. The number of rotatable bonds is 6. The zero-order chi connectivity index (χ0) is 16.3. The Hall–Kier alpha value is -1.34. The number of nitrogens with one attached hydrogen (secondary N) is 1. The molecule has 1 aliphatic carbocycles. The number of amides is 2. The van der Waals surface area contributed by atoms with Gasteiger partial charge in [-0.05, 0) is 26.2 Å². The molecular formula is C15H26N2O5. The second-order valence-electron chi connectivity index (χ2n) is 6.21. The first-order valence-electron chi connectivity index (χ1n) is 7.90. The van der Waals surface area contributed by atoms with Crippen LogP contribution in [0.4, 0.5) is 4.79 Å². The van der Waals surface area contributed by atoms with E-state index >= 15 is 0 Å². The van der Waals surface area contributed by atoms with Gasteiger partial charge >= 0.3 is 12.0 Å². The molecule has 126 valence electrons. The van der Waals surface area contributed by atoms with E-state index in [4.69, 9.17) is 14.6 Å². The number of ether oxygens (including phenoxy) is 2. The fourth-order valence-electron chi connectivity index (χ4n) is 3.31. The molecule has 1 spiro atoms. The van der Waals surface area contributed by atoms with Gasteiger partial charge in [-0.15, -0.1) is 0 Å². The van der Waals surface area contributed by atoms with Gasteiger partial charge in [-0.2, -0.15) is 0 Å². The third-order valence-corrected chi connectivity index (χ3v) is 4.65. The van der Waals surface area contributed by atoms with Gasteiger partial charge < -0.3 is 24.8 Å². The third kappa shape index (κ3) is 3.20. The highest BCUT2D eigenvalue weighted by atomic mass is 16.6. The summed E-state index contributed by atoms with van der Waals surface area (Å²) in [5.41, 5.74) is -0.398. The minimum Gasteiger partial charge on any atom is -0.481 e. The maximum atomic E-state index is 12.2. The van der Waals surface area contributed by atoms with Crippen LogP contribution in [-0.4, -0.2) is 66.6 Å². The maximum absolute atomic E-state index is 12.2. The summed E-state index contributed by atoms with van der Waals surface area (Å²) in [7, 11) is 1.61. The lowest BCUT2D eigenvalue weighted by molar-refractivity contribution is -0.195. The van der Waals surface area contributed by atoms with Gasteiger partial charge in [0.05, 0.1) is 18.1 Å². The van der Waals surface area contributed by atoms with E-state index in [0.717, 1.165) is 19.3 Å². The number of hydrogen-bond donors (Lipinski definition) is 2. The van der Waals surface area contributed by atoms with Gasteiger partial charge in [-0.25, -0.2) is 4.79 Å². The molecule has 7 heteroatoms. The van der Waals surface area contributed by atoms with E-state index < -0.39 is 17.5 Å². The smallest absolute Gasteiger partial charge is 0.317 e. The Labute approximate surface area is 130 Å². The van der Waals surface area contributed by atoms with E-state index in [1.807, 2.05) is 6.92 Å². The molecule has 0 radical (unpaired) electrons. The molecule has 0 bridgehead atoms. The van der Waals surface area contributed by atoms with Gasteiger partial charge in [0.25, 0.3) is 0 Å². The molecule has 2 rings (SSSR count). The molecule has 2 N–H and O–H groups in total. The number of carboxylic acid groups (broad SMARTS) is 1. The molecule has 7 nitrogen and oxygen atoms in total. The fraction of sp³-hybridized carbons (Fsp3) is 0.867. The Kier molecular flexibility index (Phi) is 5.28. The van der Waals surface area contributed by atoms with E-state index in [1.165, 1.54) is 4.90 Å². The van der Waals surface area contributed by atoms with Gasteiger partial charge in [0, 0.05) is 26.8 Å². The molecule has 22 heavy (non-hydrogen) atoms. The Balaban J connectivity index is 1.90. The van der Waals surface area contributed by atoms with Crippen LogP contribution >= 0.6 is 0 Å². The average Bonchev–Trinajstić information content (AvgIpc) is 2.98. The molecule has 2 fully saturated rings. The van der Waals surface area contributed by atoms with Gasteiger partial charge in [0.15, 0.2) is 0 Å². The summed E-state index contributed by atoms with van der Waals surface area (Å²) in [4.78, 5) is 24.5. The molecule has 2 aliphatic rings. The van der Waals surface area contributed by atoms with Crippen molar-refractivity contribution in [2.24, 2.45) is 5.92 Å². The van der Waals surface area contributed by atoms with E-state index in [1.54, 1.807) is 14.0 Å². The molecule has 1 saturated heterocycles. The minimum atomic E-state index is -0.907. The zero-order valence-electron chi connectivity index (χ0n) is 13.5. The first kappa shape index (κ1) is 17.0. The summed E-state index contributed by atoms with van der Waals surface area (Å²) >= 11 is 0. The van der Waals surface area contributed by atoms with E-state index in [9.17, 15) is 9.59 Å². The summed E-state index contributed by atoms with van der Waals surface area (Å²) in [5.74, 6) is -1.50. The summed E-state index contributed by atoms with van der Waals surface area (Å²) in [6.45, 7) is 5.04. The maximum Gasteiger partial charge on any atom is 0.317 e. The Bertz CT molecular complexity index is 422. The first-order valence-corrected chi connectivity index (χ1v) is 7.90. The summed E-state index contributed by atoms with van der Waals surface area (Å²) in [6.07, 6.45) is 2.63. The largest absolute Gasteiger partial charge is 0.481 e. The fourth-order valence-corrected chi connectivity index (χ4v) is 3.31. The highest BCUT2D eigenvalue weighted by Gasteiger charge is 2.59. The van der Waals surface area contributed by atoms with Crippen LogP contribution in [-0.2, 0) is 14.3 Å². The van der Waals surface area contributed by atoms with E-state index in [-0.39, 0.29) is 24.7 Å². The molecule has 0 aromatic carbocycles. The van der Waals surface area contributed by atoms with E-state index in [2.05, 4.69) is 5.32 Å². The summed E-state index contributed by atoms with van der Waals surface area (Å²) in [6, 6.07) is -0.329. The van der Waals surface area contributed by atoms with Crippen molar-refractivity contribution < 1.29 is 24.2 Å². The number of aliphatic carboxylic acids is 1.